The summed E-state index contributed by atoms with van der Waals surface area (Å²) in [7, 11) is -3.15. The van der Waals surface area contributed by atoms with Gasteiger partial charge in [0.2, 0.25) is 6.79 Å². The number of sulfone groups is 1. The third-order valence-corrected chi connectivity index (χ3v) is 9.50. The minimum Gasteiger partial charge on any atom is -0.454 e. The van der Waals surface area contributed by atoms with Gasteiger partial charge in [0.05, 0.1) is 28.3 Å². The SMILES string of the molecule is CCN(C(=O)COC(=O)c1c2c(nc3ccccc13)/C(=C\c1ccc3c(c1)OCO3)CCC2)[C@@H]1CCS(=O)(=O)C1. The van der Waals surface area contributed by atoms with Crippen molar-refractivity contribution in [2.24, 2.45) is 0 Å². The highest BCUT2D eigenvalue weighted by Gasteiger charge is 2.34. The lowest BCUT2D eigenvalue weighted by molar-refractivity contribution is -0.136. The molecule has 10 heteroatoms. The molecule has 3 aliphatic rings. The van der Waals surface area contributed by atoms with E-state index in [9.17, 15) is 18.0 Å². The molecule has 2 aliphatic heterocycles. The van der Waals surface area contributed by atoms with Gasteiger partial charge < -0.3 is 19.1 Å². The number of amides is 1. The Morgan fingerprint density at radius 2 is 1.95 bits per heavy atom. The highest BCUT2D eigenvalue weighted by Crippen LogP contribution is 2.38. The molecule has 0 saturated carbocycles. The molecule has 0 unspecified atom stereocenters. The first kappa shape index (κ1) is 26.3. The van der Waals surface area contributed by atoms with E-state index in [-0.39, 0.29) is 24.3 Å². The zero-order valence-electron chi connectivity index (χ0n) is 22.2. The quantitative estimate of drug-likeness (QED) is 0.414. The topological polar surface area (TPSA) is 112 Å². The summed E-state index contributed by atoms with van der Waals surface area (Å²) in [5.74, 6) is 0.449. The zero-order chi connectivity index (χ0) is 27.9. The first-order valence-electron chi connectivity index (χ1n) is 13.5. The van der Waals surface area contributed by atoms with Crippen LogP contribution in [0.25, 0.3) is 22.6 Å². The fourth-order valence-corrected chi connectivity index (χ4v) is 7.58. The molecule has 0 spiro atoms. The van der Waals surface area contributed by atoms with Gasteiger partial charge >= 0.3 is 5.97 Å². The summed E-state index contributed by atoms with van der Waals surface area (Å²) in [4.78, 5) is 33.1. The second kappa shape index (κ2) is 10.6. The lowest BCUT2D eigenvalue weighted by Gasteiger charge is -2.27. The van der Waals surface area contributed by atoms with Crippen molar-refractivity contribution in [2.75, 3.05) is 31.5 Å². The fraction of sp³-hybridized carbons (Fsp3) is 0.367. The average Bonchev–Trinajstić information content (AvgIpc) is 3.56. The number of pyridine rings is 1. The van der Waals surface area contributed by atoms with Gasteiger partial charge in [-0.2, -0.15) is 0 Å². The van der Waals surface area contributed by atoms with Gasteiger partial charge in [0, 0.05) is 18.0 Å². The van der Waals surface area contributed by atoms with Crippen molar-refractivity contribution in [3.63, 3.8) is 0 Å². The summed E-state index contributed by atoms with van der Waals surface area (Å²) in [5.41, 5.74) is 4.62. The zero-order valence-corrected chi connectivity index (χ0v) is 23.0. The van der Waals surface area contributed by atoms with Crippen LogP contribution in [0.5, 0.6) is 11.5 Å². The summed E-state index contributed by atoms with van der Waals surface area (Å²) in [6.45, 7) is 1.90. The summed E-state index contributed by atoms with van der Waals surface area (Å²) in [5, 5.41) is 0.678. The third kappa shape index (κ3) is 5.03. The Kier molecular flexibility index (Phi) is 6.95. The molecule has 1 fully saturated rings. The Hall–Kier alpha value is -3.92. The van der Waals surface area contributed by atoms with E-state index in [0.29, 0.717) is 47.4 Å². The Morgan fingerprint density at radius 3 is 2.75 bits per heavy atom. The van der Waals surface area contributed by atoms with Gasteiger partial charge in [-0.15, -0.1) is 0 Å². The normalized spacial score (nSPS) is 19.9. The first-order valence-corrected chi connectivity index (χ1v) is 15.3. The average molecular weight is 563 g/mol. The molecule has 1 aromatic heterocycles. The van der Waals surface area contributed by atoms with Gasteiger partial charge in [-0.25, -0.2) is 18.2 Å². The molecule has 3 heterocycles. The molecule has 1 amide bonds. The van der Waals surface area contributed by atoms with Crippen molar-refractivity contribution in [3.8, 4) is 11.5 Å². The standard InChI is InChI=1S/C30H30N2O7S/c1-2-32(21-12-13-40(35,36)17-21)27(33)16-37-30(34)28-22-7-3-4-9-24(22)31-29-20(6-5-8-23(28)29)14-19-10-11-25-26(15-19)39-18-38-25/h3-4,7,9-11,14-15,21H,2,5-6,8,12-13,16-18H2,1H3/b20-14-/t21-/m1/s1. The molecule has 0 N–H and O–H groups in total. The lowest BCUT2D eigenvalue weighted by atomic mass is 9.86. The van der Waals surface area contributed by atoms with Gasteiger partial charge in [-0.1, -0.05) is 24.3 Å². The summed E-state index contributed by atoms with van der Waals surface area (Å²) < 4.78 is 40.4. The van der Waals surface area contributed by atoms with Crippen molar-refractivity contribution in [1.29, 1.82) is 0 Å². The van der Waals surface area contributed by atoms with Crippen molar-refractivity contribution in [1.82, 2.24) is 9.88 Å². The van der Waals surface area contributed by atoms with Gasteiger partial charge in [0.15, 0.2) is 27.9 Å². The molecule has 6 rings (SSSR count). The van der Waals surface area contributed by atoms with Crippen LogP contribution in [-0.2, 0) is 25.8 Å². The Morgan fingerprint density at radius 1 is 1.12 bits per heavy atom. The van der Waals surface area contributed by atoms with E-state index in [1.165, 1.54) is 4.90 Å². The Labute approximate surface area is 232 Å². The number of rotatable bonds is 6. The fourth-order valence-electron chi connectivity index (χ4n) is 5.85. The van der Waals surface area contributed by atoms with Crippen LogP contribution in [0.1, 0.15) is 53.4 Å². The predicted molar refractivity (Wildman–Crippen MR) is 150 cm³/mol. The molecular formula is C30H30N2O7S. The Bertz CT molecular complexity index is 1650. The van der Waals surface area contributed by atoms with Crippen LogP contribution < -0.4 is 9.47 Å². The minimum absolute atomic E-state index is 0.0541. The number of para-hydroxylation sites is 1. The minimum atomic E-state index is -3.15. The van der Waals surface area contributed by atoms with E-state index in [2.05, 4.69) is 6.08 Å². The molecule has 1 aliphatic carbocycles. The molecule has 208 valence electrons. The predicted octanol–water partition coefficient (Wildman–Crippen LogP) is 4.03. The van der Waals surface area contributed by atoms with Crippen LogP contribution in [0.2, 0.25) is 0 Å². The molecule has 0 bridgehead atoms. The monoisotopic (exact) mass is 562 g/mol. The highest BCUT2D eigenvalue weighted by atomic mass is 32.2. The van der Waals surface area contributed by atoms with E-state index in [4.69, 9.17) is 19.2 Å². The van der Waals surface area contributed by atoms with Crippen molar-refractivity contribution in [2.45, 2.75) is 38.6 Å². The summed E-state index contributed by atoms with van der Waals surface area (Å²) in [6, 6.07) is 12.8. The van der Waals surface area contributed by atoms with Gasteiger partial charge in [-0.05, 0) is 73.6 Å². The molecule has 9 nitrogen and oxygen atoms in total. The molecule has 0 radical (unpaired) electrons. The summed E-state index contributed by atoms with van der Waals surface area (Å²) in [6.07, 6.45) is 4.76. The number of fused-ring (bicyclic) bond motifs is 3. The third-order valence-electron chi connectivity index (χ3n) is 7.75. The van der Waals surface area contributed by atoms with Crippen LogP contribution in [0.3, 0.4) is 0 Å². The van der Waals surface area contributed by atoms with Crippen molar-refractivity contribution in [3.05, 3.63) is 64.8 Å². The van der Waals surface area contributed by atoms with Crippen LogP contribution in [-0.4, -0.2) is 67.7 Å². The van der Waals surface area contributed by atoms with Crippen LogP contribution in [0, 0.1) is 0 Å². The van der Waals surface area contributed by atoms with E-state index >= 15 is 0 Å². The second-order valence-corrected chi connectivity index (χ2v) is 12.5. The number of allylic oxidation sites excluding steroid dienone is 1. The second-order valence-electron chi connectivity index (χ2n) is 10.3. The molecule has 3 aromatic rings. The van der Waals surface area contributed by atoms with Gasteiger partial charge in [-0.3, -0.25) is 4.79 Å². The molecule has 1 saturated heterocycles. The number of aromatic nitrogens is 1. The van der Waals surface area contributed by atoms with Crippen LogP contribution >= 0.6 is 0 Å². The molecular weight excluding hydrogens is 532 g/mol. The number of likely N-dealkylation sites (N-methyl/N-ethyl adjacent to an activating group) is 1. The largest absolute Gasteiger partial charge is 0.454 e. The van der Waals surface area contributed by atoms with Crippen LogP contribution in [0.4, 0.5) is 0 Å². The molecule has 40 heavy (non-hydrogen) atoms. The molecule has 1 atom stereocenters. The maximum absolute atomic E-state index is 13.6. The van der Waals surface area contributed by atoms with Crippen LogP contribution in [0.15, 0.2) is 42.5 Å². The van der Waals surface area contributed by atoms with E-state index in [0.717, 1.165) is 35.2 Å². The van der Waals surface area contributed by atoms with E-state index in [1.807, 2.05) is 42.5 Å². The van der Waals surface area contributed by atoms with E-state index < -0.39 is 28.3 Å². The lowest BCUT2D eigenvalue weighted by Crippen LogP contribution is -2.43. The number of carbonyl (C=O) groups is 2. The first-order chi connectivity index (χ1) is 19.3. The number of benzene rings is 2. The number of carbonyl (C=O) groups excluding carboxylic acids is 2. The number of nitrogens with zero attached hydrogens (tertiary/aromatic N) is 2. The maximum Gasteiger partial charge on any atom is 0.339 e. The smallest absolute Gasteiger partial charge is 0.339 e. The number of hydrogen-bond donors (Lipinski definition) is 0. The number of esters is 1. The molecule has 2 aromatic carbocycles. The number of hydrogen-bond acceptors (Lipinski definition) is 8. The van der Waals surface area contributed by atoms with Crippen molar-refractivity contribution < 1.29 is 32.2 Å². The van der Waals surface area contributed by atoms with Gasteiger partial charge in [0.25, 0.3) is 5.91 Å². The van der Waals surface area contributed by atoms with E-state index in [1.54, 1.807) is 6.92 Å². The number of ether oxygens (including phenoxy) is 3. The Balaban J connectivity index is 1.30. The van der Waals surface area contributed by atoms with Crippen molar-refractivity contribution >= 4 is 44.3 Å². The van der Waals surface area contributed by atoms with Gasteiger partial charge in [0.1, 0.15) is 0 Å². The highest BCUT2D eigenvalue weighted by molar-refractivity contribution is 7.91. The maximum atomic E-state index is 13.6. The summed E-state index contributed by atoms with van der Waals surface area (Å²) >= 11 is 0.